The van der Waals surface area contributed by atoms with Gasteiger partial charge in [-0.2, -0.15) is 5.26 Å². The standard InChI is InChI=1S/C7H15N2O3P/c1-3-11-13(10,12-4-2)7-9-6-5-8/h9H,3-4,6-7H2,1-2H3. The van der Waals surface area contributed by atoms with Crippen LogP contribution in [0.5, 0.6) is 0 Å². The first kappa shape index (κ1) is 12.6. The fraction of sp³-hybridized carbons (Fsp3) is 0.857. The summed E-state index contributed by atoms with van der Waals surface area (Å²) in [7, 11) is -3.01. The van der Waals surface area contributed by atoms with Gasteiger partial charge in [0, 0.05) is 0 Å². The van der Waals surface area contributed by atoms with Gasteiger partial charge in [0.05, 0.1) is 32.1 Å². The summed E-state index contributed by atoms with van der Waals surface area (Å²) in [5.74, 6) is 0. The third-order valence-corrected chi connectivity index (χ3v) is 3.08. The van der Waals surface area contributed by atoms with Crippen LogP contribution >= 0.6 is 7.60 Å². The van der Waals surface area contributed by atoms with Gasteiger partial charge in [0.15, 0.2) is 0 Å². The van der Waals surface area contributed by atoms with Crippen molar-refractivity contribution in [3.8, 4) is 6.07 Å². The van der Waals surface area contributed by atoms with Crippen LogP contribution in [-0.2, 0) is 13.6 Å². The molecule has 0 aromatic carbocycles. The Hall–Kier alpha value is -0.400. The summed E-state index contributed by atoms with van der Waals surface area (Å²) in [6.45, 7) is 4.31. The van der Waals surface area contributed by atoms with Crippen molar-refractivity contribution in [2.24, 2.45) is 0 Å². The second-order valence-electron chi connectivity index (χ2n) is 2.19. The lowest BCUT2D eigenvalue weighted by Gasteiger charge is -2.16. The van der Waals surface area contributed by atoms with Crippen LogP contribution in [0.1, 0.15) is 13.8 Å². The number of nitrogens with one attached hydrogen (secondary N) is 1. The number of hydrogen-bond donors (Lipinski definition) is 1. The Morgan fingerprint density at radius 2 is 1.92 bits per heavy atom. The molecule has 0 saturated carbocycles. The highest BCUT2D eigenvalue weighted by molar-refractivity contribution is 7.53. The van der Waals surface area contributed by atoms with Gasteiger partial charge in [0.2, 0.25) is 0 Å². The Balaban J connectivity index is 3.93. The molecule has 0 heterocycles. The maximum absolute atomic E-state index is 11.7. The van der Waals surface area contributed by atoms with Gasteiger partial charge in [-0.25, -0.2) is 0 Å². The molecular formula is C7H15N2O3P. The number of hydrogen-bond acceptors (Lipinski definition) is 5. The second kappa shape index (κ2) is 7.05. The molecule has 76 valence electrons. The minimum atomic E-state index is -3.01. The Labute approximate surface area is 78.6 Å². The number of rotatable bonds is 7. The molecule has 0 aromatic rings. The predicted octanol–water partition coefficient (Wildman–Crippen LogP) is 1.32. The van der Waals surface area contributed by atoms with Gasteiger partial charge in [-0.05, 0) is 13.8 Å². The molecule has 1 N–H and O–H groups in total. The van der Waals surface area contributed by atoms with E-state index >= 15 is 0 Å². The van der Waals surface area contributed by atoms with Gasteiger partial charge < -0.3 is 9.05 Å². The van der Waals surface area contributed by atoms with Gasteiger partial charge in [-0.1, -0.05) is 0 Å². The first-order chi connectivity index (χ1) is 6.18. The largest absolute Gasteiger partial charge is 0.344 e. The zero-order valence-electron chi connectivity index (χ0n) is 7.95. The highest BCUT2D eigenvalue weighted by Gasteiger charge is 2.22. The van der Waals surface area contributed by atoms with Crippen molar-refractivity contribution in [2.45, 2.75) is 13.8 Å². The van der Waals surface area contributed by atoms with E-state index in [1.54, 1.807) is 13.8 Å². The maximum Gasteiger partial charge on any atom is 0.344 e. The summed E-state index contributed by atoms with van der Waals surface area (Å²) in [6, 6.07) is 1.88. The van der Waals surface area contributed by atoms with E-state index in [4.69, 9.17) is 14.3 Å². The van der Waals surface area contributed by atoms with Crippen LogP contribution in [0.4, 0.5) is 0 Å². The smallest absolute Gasteiger partial charge is 0.308 e. The highest BCUT2D eigenvalue weighted by Crippen LogP contribution is 2.46. The quantitative estimate of drug-likeness (QED) is 0.386. The molecule has 6 heteroatoms. The molecule has 0 amide bonds. The van der Waals surface area contributed by atoms with Crippen LogP contribution in [-0.4, -0.2) is 26.0 Å². The summed E-state index contributed by atoms with van der Waals surface area (Å²) in [4.78, 5) is 0. The molecule has 0 saturated heterocycles. The Morgan fingerprint density at radius 3 is 2.31 bits per heavy atom. The van der Waals surface area contributed by atoms with Crippen LogP contribution in [0.2, 0.25) is 0 Å². The summed E-state index contributed by atoms with van der Waals surface area (Å²) < 4.78 is 21.6. The average molecular weight is 206 g/mol. The van der Waals surface area contributed by atoms with Gasteiger partial charge in [0.25, 0.3) is 0 Å². The molecule has 0 bridgehead atoms. The van der Waals surface area contributed by atoms with E-state index in [9.17, 15) is 4.57 Å². The molecule has 0 aliphatic carbocycles. The summed E-state index contributed by atoms with van der Waals surface area (Å²) in [6.07, 6.45) is 0.0856. The lowest BCUT2D eigenvalue weighted by molar-refractivity contribution is 0.218. The first-order valence-corrected chi connectivity index (χ1v) is 5.87. The van der Waals surface area contributed by atoms with Gasteiger partial charge in [0.1, 0.15) is 0 Å². The molecule has 0 radical (unpaired) electrons. The third-order valence-electron chi connectivity index (χ3n) is 1.16. The van der Waals surface area contributed by atoms with Crippen molar-refractivity contribution in [3.05, 3.63) is 0 Å². The molecule has 0 rings (SSSR count). The van der Waals surface area contributed by atoms with E-state index in [2.05, 4.69) is 5.32 Å². The van der Waals surface area contributed by atoms with Crippen molar-refractivity contribution in [2.75, 3.05) is 26.0 Å². The van der Waals surface area contributed by atoms with Crippen LogP contribution in [0.15, 0.2) is 0 Å². The van der Waals surface area contributed by atoms with Crippen molar-refractivity contribution in [1.82, 2.24) is 5.32 Å². The lowest BCUT2D eigenvalue weighted by Crippen LogP contribution is -2.17. The average Bonchev–Trinajstić information content (AvgIpc) is 2.05. The molecule has 0 spiro atoms. The zero-order valence-corrected chi connectivity index (χ0v) is 8.84. The van der Waals surface area contributed by atoms with E-state index in [0.717, 1.165) is 0 Å². The molecule has 0 atom stereocenters. The Bertz CT molecular complexity index is 204. The van der Waals surface area contributed by atoms with E-state index < -0.39 is 7.60 Å². The van der Waals surface area contributed by atoms with Crippen LogP contribution in [0, 0.1) is 11.3 Å². The monoisotopic (exact) mass is 206 g/mol. The zero-order chi connectivity index (χ0) is 10.2. The molecule has 13 heavy (non-hydrogen) atoms. The molecule has 0 aliphatic heterocycles. The van der Waals surface area contributed by atoms with E-state index in [1.165, 1.54) is 0 Å². The number of nitrogens with zero attached hydrogens (tertiary/aromatic N) is 1. The van der Waals surface area contributed by atoms with E-state index in [-0.39, 0.29) is 12.8 Å². The Kier molecular flexibility index (Phi) is 6.83. The van der Waals surface area contributed by atoms with Crippen molar-refractivity contribution in [1.29, 1.82) is 5.26 Å². The fourth-order valence-corrected chi connectivity index (χ4v) is 2.20. The number of nitriles is 1. The van der Waals surface area contributed by atoms with Crippen molar-refractivity contribution >= 4 is 7.60 Å². The SMILES string of the molecule is CCOP(=O)(CNCC#N)OCC. The summed E-state index contributed by atoms with van der Waals surface area (Å²) >= 11 is 0. The van der Waals surface area contributed by atoms with Gasteiger partial charge >= 0.3 is 7.60 Å². The minimum Gasteiger partial charge on any atom is -0.308 e. The molecule has 5 nitrogen and oxygen atoms in total. The molecule has 0 aliphatic rings. The minimum absolute atomic E-state index is 0.0856. The highest BCUT2D eigenvalue weighted by atomic mass is 31.2. The normalized spacial score (nSPS) is 11.2. The fourth-order valence-electron chi connectivity index (χ4n) is 0.771. The molecular weight excluding hydrogens is 191 g/mol. The predicted molar refractivity (Wildman–Crippen MR) is 49.3 cm³/mol. The van der Waals surface area contributed by atoms with Crippen LogP contribution in [0.25, 0.3) is 0 Å². The first-order valence-electron chi connectivity index (χ1n) is 4.14. The Morgan fingerprint density at radius 1 is 1.38 bits per heavy atom. The lowest BCUT2D eigenvalue weighted by atomic mass is 10.7. The van der Waals surface area contributed by atoms with Crippen LogP contribution < -0.4 is 5.32 Å². The summed E-state index contributed by atoms with van der Waals surface area (Å²) in [5.41, 5.74) is 0. The molecule has 0 fully saturated rings. The second-order valence-corrected chi connectivity index (χ2v) is 4.24. The third kappa shape index (κ3) is 5.78. The summed E-state index contributed by atoms with van der Waals surface area (Å²) in [5, 5.41) is 10.9. The van der Waals surface area contributed by atoms with E-state index in [0.29, 0.717) is 13.2 Å². The van der Waals surface area contributed by atoms with E-state index in [1.807, 2.05) is 6.07 Å². The van der Waals surface area contributed by atoms with Crippen LogP contribution in [0.3, 0.4) is 0 Å². The topological polar surface area (TPSA) is 71.3 Å². The van der Waals surface area contributed by atoms with Gasteiger partial charge in [-0.15, -0.1) is 0 Å². The molecule has 0 aromatic heterocycles. The molecule has 0 unspecified atom stereocenters. The van der Waals surface area contributed by atoms with Crippen molar-refractivity contribution < 1.29 is 13.6 Å². The van der Waals surface area contributed by atoms with Gasteiger partial charge in [-0.3, -0.25) is 9.88 Å². The van der Waals surface area contributed by atoms with Crippen molar-refractivity contribution in [3.63, 3.8) is 0 Å². The maximum atomic E-state index is 11.7.